The minimum Gasteiger partial charge on any atom is -0.478 e. The Balaban J connectivity index is 3.14. The maximum Gasteiger partial charge on any atom is 0.338 e. The van der Waals surface area contributed by atoms with Crippen LogP contribution < -0.4 is 0 Å². The lowest BCUT2D eigenvalue weighted by Gasteiger charge is -2.00. The maximum atomic E-state index is 13.4. The van der Waals surface area contributed by atoms with Crippen LogP contribution in [0.5, 0.6) is 0 Å². The molecule has 1 N–H and O–H groups in total. The van der Waals surface area contributed by atoms with Gasteiger partial charge in [-0.15, -0.1) is 0 Å². The molecule has 0 aromatic heterocycles. The number of rotatable bonds is 3. The Morgan fingerprint density at radius 2 is 2.29 bits per heavy atom. The smallest absolute Gasteiger partial charge is 0.338 e. The van der Waals surface area contributed by atoms with Crippen molar-refractivity contribution in [2.24, 2.45) is 0 Å². The molecular formula is C10H9FO2S. The molecule has 4 heteroatoms. The van der Waals surface area contributed by atoms with Crippen molar-refractivity contribution >= 4 is 24.7 Å². The SMILES string of the molecule is O=C(O)c1cccc(C=CCS)c1F. The van der Waals surface area contributed by atoms with E-state index in [1.54, 1.807) is 6.08 Å². The van der Waals surface area contributed by atoms with E-state index in [-0.39, 0.29) is 11.1 Å². The number of carboxylic acids is 1. The number of halogens is 1. The number of benzene rings is 1. The molecule has 0 atom stereocenters. The summed E-state index contributed by atoms with van der Waals surface area (Å²) in [4.78, 5) is 10.6. The summed E-state index contributed by atoms with van der Waals surface area (Å²) in [6, 6.07) is 4.25. The van der Waals surface area contributed by atoms with E-state index in [9.17, 15) is 9.18 Å². The molecule has 0 aliphatic heterocycles. The van der Waals surface area contributed by atoms with Gasteiger partial charge < -0.3 is 5.11 Å². The first kappa shape index (κ1) is 10.8. The summed E-state index contributed by atoms with van der Waals surface area (Å²) in [7, 11) is 0. The third-order valence-corrected chi connectivity index (χ3v) is 1.87. The van der Waals surface area contributed by atoms with Crippen LogP contribution in [0.1, 0.15) is 15.9 Å². The van der Waals surface area contributed by atoms with Crippen molar-refractivity contribution < 1.29 is 14.3 Å². The molecule has 0 heterocycles. The quantitative estimate of drug-likeness (QED) is 0.755. The van der Waals surface area contributed by atoms with Gasteiger partial charge >= 0.3 is 5.97 Å². The van der Waals surface area contributed by atoms with Gasteiger partial charge in [0.25, 0.3) is 0 Å². The summed E-state index contributed by atoms with van der Waals surface area (Å²) in [5.74, 6) is -1.49. The highest BCUT2D eigenvalue weighted by molar-refractivity contribution is 7.80. The lowest BCUT2D eigenvalue weighted by Crippen LogP contribution is -2.01. The first-order valence-corrected chi connectivity index (χ1v) is 4.59. The van der Waals surface area contributed by atoms with Gasteiger partial charge in [0, 0.05) is 11.3 Å². The molecule has 0 fully saturated rings. The van der Waals surface area contributed by atoms with Gasteiger partial charge in [0.2, 0.25) is 0 Å². The fourth-order valence-corrected chi connectivity index (χ4v) is 1.13. The second-order valence-corrected chi connectivity index (χ2v) is 2.96. The summed E-state index contributed by atoms with van der Waals surface area (Å²) in [6.07, 6.45) is 3.15. The Morgan fingerprint density at radius 1 is 1.57 bits per heavy atom. The zero-order chi connectivity index (χ0) is 10.6. The first-order chi connectivity index (χ1) is 6.66. The molecule has 0 spiro atoms. The van der Waals surface area contributed by atoms with E-state index in [2.05, 4.69) is 12.6 Å². The van der Waals surface area contributed by atoms with Crippen LogP contribution in [0.2, 0.25) is 0 Å². The van der Waals surface area contributed by atoms with E-state index < -0.39 is 11.8 Å². The molecule has 0 aliphatic rings. The standard InChI is InChI=1S/C10H9FO2S/c11-9-7(4-2-6-14)3-1-5-8(9)10(12)13/h1-5,14H,6H2,(H,12,13). The maximum absolute atomic E-state index is 13.4. The van der Waals surface area contributed by atoms with Gasteiger partial charge in [-0.2, -0.15) is 12.6 Å². The van der Waals surface area contributed by atoms with E-state index in [0.29, 0.717) is 5.75 Å². The van der Waals surface area contributed by atoms with E-state index in [0.717, 1.165) is 0 Å². The lowest BCUT2D eigenvalue weighted by atomic mass is 10.1. The second-order valence-electron chi connectivity index (χ2n) is 2.60. The fourth-order valence-electron chi connectivity index (χ4n) is 1.02. The van der Waals surface area contributed by atoms with Crippen LogP contribution in [-0.4, -0.2) is 16.8 Å². The zero-order valence-corrected chi connectivity index (χ0v) is 8.17. The Kier molecular flexibility index (Phi) is 3.71. The highest BCUT2D eigenvalue weighted by atomic mass is 32.1. The van der Waals surface area contributed by atoms with Crippen LogP contribution in [-0.2, 0) is 0 Å². The third-order valence-electron chi connectivity index (χ3n) is 1.66. The van der Waals surface area contributed by atoms with Crippen LogP contribution in [0.3, 0.4) is 0 Å². The number of aromatic carboxylic acids is 1. The van der Waals surface area contributed by atoms with Crippen molar-refractivity contribution in [2.75, 3.05) is 5.75 Å². The van der Waals surface area contributed by atoms with E-state index >= 15 is 0 Å². The minimum atomic E-state index is -1.26. The largest absolute Gasteiger partial charge is 0.478 e. The highest BCUT2D eigenvalue weighted by Crippen LogP contribution is 2.14. The molecular weight excluding hydrogens is 203 g/mol. The summed E-state index contributed by atoms with van der Waals surface area (Å²) in [5.41, 5.74) is -0.0507. The highest BCUT2D eigenvalue weighted by Gasteiger charge is 2.11. The third kappa shape index (κ3) is 2.35. The molecule has 1 rings (SSSR count). The molecule has 1 aromatic carbocycles. The number of hydrogen-bond acceptors (Lipinski definition) is 2. The fraction of sp³-hybridized carbons (Fsp3) is 0.100. The molecule has 1 aromatic rings. The second kappa shape index (κ2) is 4.81. The molecule has 74 valence electrons. The van der Waals surface area contributed by atoms with Crippen molar-refractivity contribution in [1.29, 1.82) is 0 Å². The van der Waals surface area contributed by atoms with Crippen LogP contribution in [0, 0.1) is 5.82 Å². The summed E-state index contributed by atoms with van der Waals surface area (Å²) >= 11 is 3.93. The Bertz CT molecular complexity index is 374. The van der Waals surface area contributed by atoms with Crippen LogP contribution >= 0.6 is 12.6 Å². The summed E-state index contributed by atoms with van der Waals surface area (Å²) < 4.78 is 13.4. The van der Waals surface area contributed by atoms with E-state index in [4.69, 9.17) is 5.11 Å². The van der Waals surface area contributed by atoms with Crippen molar-refractivity contribution in [3.05, 3.63) is 41.2 Å². The monoisotopic (exact) mass is 212 g/mol. The van der Waals surface area contributed by atoms with Crippen LogP contribution in [0.15, 0.2) is 24.3 Å². The number of thiol groups is 1. The average Bonchev–Trinajstić information content (AvgIpc) is 2.16. The Hall–Kier alpha value is -1.29. The molecule has 0 radical (unpaired) electrons. The number of carbonyl (C=O) groups is 1. The van der Waals surface area contributed by atoms with Crippen molar-refractivity contribution in [1.82, 2.24) is 0 Å². The Labute approximate surface area is 86.5 Å². The molecule has 14 heavy (non-hydrogen) atoms. The van der Waals surface area contributed by atoms with E-state index in [1.807, 2.05) is 0 Å². The van der Waals surface area contributed by atoms with Gasteiger partial charge in [0.15, 0.2) is 0 Å². The molecule has 0 saturated carbocycles. The topological polar surface area (TPSA) is 37.3 Å². The predicted molar refractivity (Wildman–Crippen MR) is 56.2 cm³/mol. The van der Waals surface area contributed by atoms with Gasteiger partial charge in [-0.3, -0.25) is 0 Å². The molecule has 0 aliphatic carbocycles. The van der Waals surface area contributed by atoms with Crippen molar-refractivity contribution in [2.45, 2.75) is 0 Å². The van der Waals surface area contributed by atoms with Gasteiger partial charge in [-0.25, -0.2) is 9.18 Å². The van der Waals surface area contributed by atoms with Crippen LogP contribution in [0.4, 0.5) is 4.39 Å². The lowest BCUT2D eigenvalue weighted by molar-refractivity contribution is 0.0692. The summed E-state index contributed by atoms with van der Waals surface area (Å²) in [6.45, 7) is 0. The van der Waals surface area contributed by atoms with Gasteiger partial charge in [-0.05, 0) is 6.07 Å². The molecule has 2 nitrogen and oxygen atoms in total. The van der Waals surface area contributed by atoms with Crippen molar-refractivity contribution in [3.8, 4) is 0 Å². The van der Waals surface area contributed by atoms with Gasteiger partial charge in [-0.1, -0.05) is 24.3 Å². The zero-order valence-electron chi connectivity index (χ0n) is 7.27. The van der Waals surface area contributed by atoms with Crippen molar-refractivity contribution in [3.63, 3.8) is 0 Å². The van der Waals surface area contributed by atoms with Crippen LogP contribution in [0.25, 0.3) is 6.08 Å². The normalized spacial score (nSPS) is 10.7. The molecule has 0 amide bonds. The Morgan fingerprint density at radius 3 is 2.86 bits per heavy atom. The van der Waals surface area contributed by atoms with E-state index in [1.165, 1.54) is 24.3 Å². The number of hydrogen-bond donors (Lipinski definition) is 2. The van der Waals surface area contributed by atoms with Gasteiger partial charge in [0.05, 0.1) is 5.56 Å². The minimum absolute atomic E-state index is 0.263. The summed E-state index contributed by atoms with van der Waals surface area (Å²) in [5, 5.41) is 8.64. The predicted octanol–water partition coefficient (Wildman–Crippen LogP) is 2.47. The number of carboxylic acid groups (broad SMARTS) is 1. The molecule has 0 bridgehead atoms. The first-order valence-electron chi connectivity index (χ1n) is 3.96. The molecule has 0 unspecified atom stereocenters. The van der Waals surface area contributed by atoms with Gasteiger partial charge in [0.1, 0.15) is 5.82 Å². The average molecular weight is 212 g/mol. The molecule has 0 saturated heterocycles.